The number of nitro benzene ring substituents is 1. The molecule has 22 heavy (non-hydrogen) atoms. The van der Waals surface area contributed by atoms with Crippen LogP contribution in [0.5, 0.6) is 0 Å². The third kappa shape index (κ3) is 4.10. The van der Waals surface area contributed by atoms with Crippen molar-refractivity contribution in [2.45, 2.75) is 0 Å². The number of nitrogens with zero attached hydrogens (tertiary/aromatic N) is 4. The number of nitro groups is 1. The lowest BCUT2D eigenvalue weighted by Crippen LogP contribution is -2.20. The highest BCUT2D eigenvalue weighted by atomic mass is 16.6. The highest BCUT2D eigenvalue weighted by Gasteiger charge is 2.03. The van der Waals surface area contributed by atoms with E-state index in [1.807, 2.05) is 36.2 Å². The van der Waals surface area contributed by atoms with Crippen molar-refractivity contribution in [3.63, 3.8) is 0 Å². The largest absolute Gasteiger partial charge is 0.395 e. The quantitative estimate of drug-likeness (QED) is 0.502. The van der Waals surface area contributed by atoms with Crippen LogP contribution < -0.4 is 4.90 Å². The number of non-ortho nitro benzene ring substituents is 1. The van der Waals surface area contributed by atoms with Gasteiger partial charge in [0.15, 0.2) is 0 Å². The molecule has 0 aromatic heterocycles. The Morgan fingerprint density at radius 3 is 2.00 bits per heavy atom. The monoisotopic (exact) mass is 300 g/mol. The Morgan fingerprint density at radius 2 is 1.55 bits per heavy atom. The molecule has 0 aliphatic carbocycles. The molecule has 0 unspecified atom stereocenters. The molecule has 1 N–H and O–H groups in total. The number of aliphatic hydroxyl groups is 1. The van der Waals surface area contributed by atoms with Crippen molar-refractivity contribution in [2.75, 3.05) is 25.1 Å². The number of rotatable bonds is 6. The molecule has 7 nitrogen and oxygen atoms in total. The second kappa shape index (κ2) is 7.28. The summed E-state index contributed by atoms with van der Waals surface area (Å²) < 4.78 is 0. The fourth-order valence-electron chi connectivity index (χ4n) is 1.81. The second-order valence-electron chi connectivity index (χ2n) is 4.64. The standard InChI is InChI=1S/C15H16N4O3/c1-18(10-11-20)14-6-2-12(3-7-14)16-17-13-4-8-15(9-5-13)19(21)22/h2-9,20H,10-11H2,1H3/b17-16+. The number of hydrogen-bond acceptors (Lipinski definition) is 6. The molecule has 0 fully saturated rings. The summed E-state index contributed by atoms with van der Waals surface area (Å²) in [5.41, 5.74) is 2.23. The van der Waals surface area contributed by atoms with Gasteiger partial charge in [0.1, 0.15) is 0 Å². The Labute approximate surface area is 127 Å². The van der Waals surface area contributed by atoms with Crippen LogP contribution in [0.15, 0.2) is 58.8 Å². The van der Waals surface area contributed by atoms with Crippen molar-refractivity contribution >= 4 is 22.7 Å². The first-order chi connectivity index (χ1) is 10.6. The van der Waals surface area contributed by atoms with Gasteiger partial charge in [0, 0.05) is 31.4 Å². The van der Waals surface area contributed by atoms with E-state index in [0.717, 1.165) is 5.69 Å². The van der Waals surface area contributed by atoms with Gasteiger partial charge >= 0.3 is 0 Å². The zero-order valence-electron chi connectivity index (χ0n) is 12.1. The summed E-state index contributed by atoms with van der Waals surface area (Å²) in [5.74, 6) is 0. The third-order valence-corrected chi connectivity index (χ3v) is 3.07. The summed E-state index contributed by atoms with van der Waals surface area (Å²) in [7, 11) is 1.89. The minimum Gasteiger partial charge on any atom is -0.395 e. The van der Waals surface area contributed by atoms with Crippen LogP contribution in [0.1, 0.15) is 0 Å². The molecule has 0 aliphatic heterocycles. The lowest BCUT2D eigenvalue weighted by Gasteiger charge is -2.17. The van der Waals surface area contributed by atoms with Crippen LogP contribution in [0.2, 0.25) is 0 Å². The normalized spacial score (nSPS) is 10.8. The molecule has 0 spiro atoms. The van der Waals surface area contributed by atoms with Crippen LogP contribution >= 0.6 is 0 Å². The summed E-state index contributed by atoms with van der Waals surface area (Å²) in [6, 6.07) is 13.3. The molecule has 0 aliphatic rings. The maximum absolute atomic E-state index is 10.6. The van der Waals surface area contributed by atoms with Gasteiger partial charge in [-0.1, -0.05) is 0 Å². The first-order valence-electron chi connectivity index (χ1n) is 6.68. The maximum atomic E-state index is 10.6. The molecule has 0 amide bonds. The highest BCUT2D eigenvalue weighted by molar-refractivity contribution is 5.52. The molecule has 0 heterocycles. The lowest BCUT2D eigenvalue weighted by atomic mass is 10.2. The molecule has 2 aromatic carbocycles. The van der Waals surface area contributed by atoms with Crippen LogP contribution in [-0.2, 0) is 0 Å². The molecule has 0 saturated carbocycles. The van der Waals surface area contributed by atoms with E-state index in [2.05, 4.69) is 10.2 Å². The topological polar surface area (TPSA) is 91.3 Å². The summed E-state index contributed by atoms with van der Waals surface area (Å²) in [4.78, 5) is 12.0. The van der Waals surface area contributed by atoms with Crippen LogP contribution in [0.25, 0.3) is 0 Å². The van der Waals surface area contributed by atoms with Crippen molar-refractivity contribution in [1.82, 2.24) is 0 Å². The number of benzene rings is 2. The maximum Gasteiger partial charge on any atom is 0.269 e. The third-order valence-electron chi connectivity index (χ3n) is 3.07. The van der Waals surface area contributed by atoms with E-state index in [4.69, 9.17) is 5.11 Å². The Morgan fingerprint density at radius 1 is 1.05 bits per heavy atom. The summed E-state index contributed by atoms with van der Waals surface area (Å²) >= 11 is 0. The zero-order chi connectivity index (χ0) is 15.9. The number of likely N-dealkylation sites (N-methyl/N-ethyl adjacent to an activating group) is 1. The summed E-state index contributed by atoms with van der Waals surface area (Å²) in [5, 5.41) is 27.6. The number of anilines is 1. The Hall–Kier alpha value is -2.80. The molecule has 0 saturated heterocycles. The summed E-state index contributed by atoms with van der Waals surface area (Å²) in [6.45, 7) is 0.655. The number of aliphatic hydroxyl groups excluding tert-OH is 1. The van der Waals surface area contributed by atoms with Gasteiger partial charge in [-0.15, -0.1) is 0 Å². The first kappa shape index (κ1) is 15.6. The van der Waals surface area contributed by atoms with E-state index in [1.165, 1.54) is 12.1 Å². The highest BCUT2D eigenvalue weighted by Crippen LogP contribution is 2.23. The fourth-order valence-corrected chi connectivity index (χ4v) is 1.81. The van der Waals surface area contributed by atoms with Gasteiger partial charge in [-0.2, -0.15) is 10.2 Å². The van der Waals surface area contributed by atoms with Crippen molar-refractivity contribution < 1.29 is 10.0 Å². The van der Waals surface area contributed by atoms with Crippen molar-refractivity contribution in [1.29, 1.82) is 0 Å². The predicted octanol–water partition coefficient (Wildman–Crippen LogP) is 3.44. The summed E-state index contributed by atoms with van der Waals surface area (Å²) in [6.07, 6.45) is 0. The SMILES string of the molecule is CN(CCO)c1ccc(/N=N/c2ccc([N+](=O)[O-])cc2)cc1. The zero-order valence-corrected chi connectivity index (χ0v) is 12.1. The molecule has 0 bridgehead atoms. The number of hydrogen-bond donors (Lipinski definition) is 1. The van der Waals surface area contributed by atoms with Crippen molar-refractivity contribution in [2.24, 2.45) is 10.2 Å². The second-order valence-corrected chi connectivity index (χ2v) is 4.64. The molecule has 0 radical (unpaired) electrons. The van der Waals surface area contributed by atoms with Gasteiger partial charge in [0.2, 0.25) is 0 Å². The van der Waals surface area contributed by atoms with E-state index in [-0.39, 0.29) is 12.3 Å². The molecule has 2 aromatic rings. The molecule has 114 valence electrons. The molecule has 7 heteroatoms. The van der Waals surface area contributed by atoms with Crippen molar-refractivity contribution in [3.8, 4) is 0 Å². The minimum atomic E-state index is -0.456. The average Bonchev–Trinajstić information content (AvgIpc) is 2.54. The fraction of sp³-hybridized carbons (Fsp3) is 0.200. The average molecular weight is 300 g/mol. The van der Waals surface area contributed by atoms with Gasteiger partial charge in [-0.3, -0.25) is 10.1 Å². The van der Waals surface area contributed by atoms with Crippen LogP contribution in [0.4, 0.5) is 22.7 Å². The van der Waals surface area contributed by atoms with E-state index in [1.54, 1.807) is 12.1 Å². The van der Waals surface area contributed by atoms with Crippen LogP contribution in [-0.4, -0.2) is 30.2 Å². The Kier molecular flexibility index (Phi) is 5.16. The van der Waals surface area contributed by atoms with Crippen LogP contribution in [0, 0.1) is 10.1 Å². The smallest absolute Gasteiger partial charge is 0.269 e. The van der Waals surface area contributed by atoms with Gasteiger partial charge in [0.05, 0.1) is 22.9 Å². The van der Waals surface area contributed by atoms with Gasteiger partial charge < -0.3 is 10.0 Å². The van der Waals surface area contributed by atoms with Crippen molar-refractivity contribution in [3.05, 3.63) is 58.6 Å². The predicted molar refractivity (Wildman–Crippen MR) is 84.1 cm³/mol. The first-order valence-corrected chi connectivity index (χ1v) is 6.68. The number of azo groups is 1. The van der Waals surface area contributed by atoms with Gasteiger partial charge in [-0.25, -0.2) is 0 Å². The Balaban J connectivity index is 2.05. The van der Waals surface area contributed by atoms with E-state index < -0.39 is 4.92 Å². The molecule has 0 atom stereocenters. The van der Waals surface area contributed by atoms with Gasteiger partial charge in [0.25, 0.3) is 5.69 Å². The molecular formula is C15H16N4O3. The van der Waals surface area contributed by atoms with E-state index >= 15 is 0 Å². The molecular weight excluding hydrogens is 284 g/mol. The van der Waals surface area contributed by atoms with E-state index in [0.29, 0.717) is 17.9 Å². The lowest BCUT2D eigenvalue weighted by molar-refractivity contribution is -0.384. The van der Waals surface area contributed by atoms with Crippen LogP contribution in [0.3, 0.4) is 0 Å². The van der Waals surface area contributed by atoms with Gasteiger partial charge in [-0.05, 0) is 36.4 Å². The van der Waals surface area contributed by atoms with E-state index in [9.17, 15) is 10.1 Å². The minimum absolute atomic E-state index is 0.0234. The molecule has 2 rings (SSSR count). The Bertz CT molecular complexity index is 653.